The van der Waals surface area contributed by atoms with E-state index in [1.807, 2.05) is 6.21 Å². The highest BCUT2D eigenvalue weighted by molar-refractivity contribution is 5.72. The molecule has 0 radical (unpaired) electrons. The van der Waals surface area contributed by atoms with Crippen LogP contribution in [-0.2, 0) is 0 Å². The minimum atomic E-state index is 0.699. The molecule has 0 aromatic heterocycles. The molecular weight excluding hydrogens is 122 g/mol. The van der Waals surface area contributed by atoms with Crippen LogP contribution in [0.1, 0.15) is 26.7 Å². The van der Waals surface area contributed by atoms with Crippen molar-refractivity contribution in [2.24, 2.45) is 10.9 Å². The second kappa shape index (κ2) is 3.55. The van der Waals surface area contributed by atoms with E-state index < -0.39 is 0 Å². The number of nitrogens with zero attached hydrogens (tertiary/aromatic N) is 1. The Hall–Kier alpha value is -0.590. The molecule has 1 heteroatoms. The van der Waals surface area contributed by atoms with Crippen LogP contribution in [0, 0.1) is 5.92 Å². The van der Waals surface area contributed by atoms with Gasteiger partial charge >= 0.3 is 0 Å². The van der Waals surface area contributed by atoms with Crippen LogP contribution in [0.3, 0.4) is 0 Å². The SMILES string of the molecule is CC(C)C1=CC=NCCC1. The first-order valence-corrected chi connectivity index (χ1v) is 3.99. The number of hydrogen-bond donors (Lipinski definition) is 0. The first-order chi connectivity index (χ1) is 4.80. The van der Waals surface area contributed by atoms with Crippen LogP contribution in [0.15, 0.2) is 16.6 Å². The van der Waals surface area contributed by atoms with Gasteiger partial charge in [-0.1, -0.05) is 19.4 Å². The Bertz CT molecular complexity index is 154. The van der Waals surface area contributed by atoms with Gasteiger partial charge in [0.05, 0.1) is 0 Å². The molecule has 0 bridgehead atoms. The molecule has 0 aromatic rings. The Morgan fingerprint density at radius 3 is 3.00 bits per heavy atom. The van der Waals surface area contributed by atoms with Crippen LogP contribution in [0.4, 0.5) is 0 Å². The molecule has 0 saturated carbocycles. The van der Waals surface area contributed by atoms with Gasteiger partial charge in [0.15, 0.2) is 0 Å². The van der Waals surface area contributed by atoms with Crippen molar-refractivity contribution in [2.75, 3.05) is 6.54 Å². The molecule has 0 fully saturated rings. The maximum absolute atomic E-state index is 4.20. The molecule has 10 heavy (non-hydrogen) atoms. The van der Waals surface area contributed by atoms with Crippen molar-refractivity contribution in [3.63, 3.8) is 0 Å². The third kappa shape index (κ3) is 1.98. The van der Waals surface area contributed by atoms with Crippen LogP contribution in [0.25, 0.3) is 0 Å². The second-order valence-electron chi connectivity index (χ2n) is 3.06. The third-order valence-electron chi connectivity index (χ3n) is 1.89. The normalized spacial score (nSPS) is 18.9. The highest BCUT2D eigenvalue weighted by Gasteiger charge is 2.02. The van der Waals surface area contributed by atoms with Crippen molar-refractivity contribution < 1.29 is 0 Å². The summed E-state index contributed by atoms with van der Waals surface area (Å²) in [6.07, 6.45) is 6.57. The minimum absolute atomic E-state index is 0.699. The molecule has 1 aliphatic rings. The Labute approximate surface area is 62.9 Å². The maximum Gasteiger partial charge on any atom is 0.0392 e. The summed E-state index contributed by atoms with van der Waals surface area (Å²) >= 11 is 0. The lowest BCUT2D eigenvalue weighted by Gasteiger charge is -2.07. The zero-order valence-electron chi connectivity index (χ0n) is 6.80. The predicted octanol–water partition coefficient (Wildman–Crippen LogP) is 2.43. The van der Waals surface area contributed by atoms with Crippen molar-refractivity contribution in [1.82, 2.24) is 0 Å². The molecule has 0 N–H and O–H groups in total. The zero-order chi connectivity index (χ0) is 7.40. The van der Waals surface area contributed by atoms with E-state index in [0.29, 0.717) is 5.92 Å². The largest absolute Gasteiger partial charge is 0.293 e. The molecule has 0 amide bonds. The van der Waals surface area contributed by atoms with Crippen molar-refractivity contribution >= 4 is 6.21 Å². The van der Waals surface area contributed by atoms with Gasteiger partial charge in [0.2, 0.25) is 0 Å². The molecule has 0 saturated heterocycles. The van der Waals surface area contributed by atoms with Crippen LogP contribution in [0.5, 0.6) is 0 Å². The fourth-order valence-electron chi connectivity index (χ4n) is 1.16. The molecule has 1 aliphatic heterocycles. The Balaban J connectivity index is 2.57. The van der Waals surface area contributed by atoms with E-state index in [4.69, 9.17) is 0 Å². The fourth-order valence-corrected chi connectivity index (χ4v) is 1.16. The lowest BCUT2D eigenvalue weighted by molar-refractivity contribution is 0.693. The summed E-state index contributed by atoms with van der Waals surface area (Å²) in [6, 6.07) is 0. The van der Waals surface area contributed by atoms with E-state index in [1.54, 1.807) is 5.57 Å². The highest BCUT2D eigenvalue weighted by Crippen LogP contribution is 2.16. The second-order valence-corrected chi connectivity index (χ2v) is 3.06. The molecule has 1 heterocycles. The average Bonchev–Trinajstić information content (AvgIpc) is 2.12. The summed E-state index contributed by atoms with van der Waals surface area (Å²) in [7, 11) is 0. The van der Waals surface area contributed by atoms with Crippen LogP contribution >= 0.6 is 0 Å². The quantitative estimate of drug-likeness (QED) is 0.526. The van der Waals surface area contributed by atoms with Gasteiger partial charge in [-0.2, -0.15) is 0 Å². The monoisotopic (exact) mass is 137 g/mol. The number of hydrogen-bond acceptors (Lipinski definition) is 1. The molecule has 0 spiro atoms. The summed E-state index contributed by atoms with van der Waals surface area (Å²) in [5.41, 5.74) is 1.54. The van der Waals surface area contributed by atoms with Crippen LogP contribution < -0.4 is 0 Å². The summed E-state index contributed by atoms with van der Waals surface area (Å²) in [5.74, 6) is 0.699. The molecule has 1 rings (SSSR count). The number of aliphatic imine (C=N–C) groups is 1. The summed E-state index contributed by atoms with van der Waals surface area (Å²) < 4.78 is 0. The van der Waals surface area contributed by atoms with Crippen molar-refractivity contribution in [3.8, 4) is 0 Å². The third-order valence-corrected chi connectivity index (χ3v) is 1.89. The van der Waals surface area contributed by atoms with Gasteiger partial charge in [-0.15, -0.1) is 0 Å². The Morgan fingerprint density at radius 2 is 2.30 bits per heavy atom. The molecule has 1 nitrogen and oxygen atoms in total. The van der Waals surface area contributed by atoms with Crippen LogP contribution in [0.2, 0.25) is 0 Å². The average molecular weight is 137 g/mol. The number of rotatable bonds is 1. The lowest BCUT2D eigenvalue weighted by atomic mass is 9.99. The molecule has 0 aliphatic carbocycles. The van der Waals surface area contributed by atoms with E-state index in [9.17, 15) is 0 Å². The van der Waals surface area contributed by atoms with Gasteiger partial charge in [-0.05, 0) is 24.8 Å². The van der Waals surface area contributed by atoms with Crippen molar-refractivity contribution in [3.05, 3.63) is 11.6 Å². The van der Waals surface area contributed by atoms with Crippen molar-refractivity contribution in [1.29, 1.82) is 0 Å². The van der Waals surface area contributed by atoms with Gasteiger partial charge in [0.25, 0.3) is 0 Å². The van der Waals surface area contributed by atoms with Crippen LogP contribution in [-0.4, -0.2) is 12.8 Å². The summed E-state index contributed by atoms with van der Waals surface area (Å²) in [5, 5.41) is 0. The Morgan fingerprint density at radius 1 is 1.50 bits per heavy atom. The minimum Gasteiger partial charge on any atom is -0.293 e. The van der Waals surface area contributed by atoms with E-state index >= 15 is 0 Å². The van der Waals surface area contributed by atoms with Crippen molar-refractivity contribution in [2.45, 2.75) is 26.7 Å². The smallest absolute Gasteiger partial charge is 0.0392 e. The summed E-state index contributed by atoms with van der Waals surface area (Å²) in [4.78, 5) is 4.20. The van der Waals surface area contributed by atoms with E-state index in [0.717, 1.165) is 6.54 Å². The molecular formula is C9H15N. The highest BCUT2D eigenvalue weighted by atomic mass is 14.7. The Kier molecular flexibility index (Phi) is 2.67. The molecule has 0 aromatic carbocycles. The van der Waals surface area contributed by atoms with Gasteiger partial charge in [-0.25, -0.2) is 0 Å². The van der Waals surface area contributed by atoms with E-state index in [1.165, 1.54) is 12.8 Å². The maximum atomic E-state index is 4.20. The lowest BCUT2D eigenvalue weighted by Crippen LogP contribution is -1.93. The van der Waals surface area contributed by atoms with Gasteiger partial charge in [0, 0.05) is 12.8 Å². The van der Waals surface area contributed by atoms with E-state index in [-0.39, 0.29) is 0 Å². The van der Waals surface area contributed by atoms with Gasteiger partial charge in [-0.3, -0.25) is 4.99 Å². The first kappa shape index (κ1) is 7.52. The topological polar surface area (TPSA) is 12.4 Å². The van der Waals surface area contributed by atoms with Gasteiger partial charge in [0.1, 0.15) is 0 Å². The predicted molar refractivity (Wildman–Crippen MR) is 45.5 cm³/mol. The zero-order valence-corrected chi connectivity index (χ0v) is 6.80. The fraction of sp³-hybridized carbons (Fsp3) is 0.667. The van der Waals surface area contributed by atoms with Gasteiger partial charge < -0.3 is 0 Å². The number of allylic oxidation sites excluding steroid dienone is 2. The standard InChI is InChI=1S/C9H15N/c1-8(2)9-4-3-6-10-7-5-9/h5,7-8H,3-4,6H2,1-2H3. The molecule has 0 unspecified atom stereocenters. The molecule has 0 atom stereocenters. The summed E-state index contributed by atoms with van der Waals surface area (Å²) in [6.45, 7) is 5.49. The first-order valence-electron chi connectivity index (χ1n) is 3.99. The molecule has 56 valence electrons. The van der Waals surface area contributed by atoms with E-state index in [2.05, 4.69) is 24.9 Å².